The van der Waals surface area contributed by atoms with Gasteiger partial charge >= 0.3 is 6.03 Å². The van der Waals surface area contributed by atoms with Crippen LogP contribution in [-0.4, -0.2) is 65.5 Å². The number of halogens is 1. The van der Waals surface area contributed by atoms with Crippen LogP contribution in [0, 0.1) is 12.7 Å². The summed E-state index contributed by atoms with van der Waals surface area (Å²) in [6, 6.07) is 11.4. The number of carbonyl (C=O) groups is 2. The molecule has 1 aromatic carbocycles. The Kier molecular flexibility index (Phi) is 5.33. The molecule has 4 rings (SSSR count). The molecule has 1 atom stereocenters. The number of benzene rings is 1. The zero-order valence-corrected chi connectivity index (χ0v) is 16.3. The van der Waals surface area contributed by atoms with Gasteiger partial charge in [0.1, 0.15) is 18.5 Å². The number of amides is 3. The zero-order chi connectivity index (χ0) is 20.4. The third-order valence-electron chi connectivity index (χ3n) is 5.21. The van der Waals surface area contributed by atoms with Crippen molar-refractivity contribution in [3.8, 4) is 5.88 Å². The van der Waals surface area contributed by atoms with Crippen molar-refractivity contribution in [2.24, 2.45) is 0 Å². The van der Waals surface area contributed by atoms with Crippen molar-refractivity contribution in [1.82, 2.24) is 14.8 Å². The molecule has 1 aromatic heterocycles. The van der Waals surface area contributed by atoms with E-state index in [4.69, 9.17) is 4.74 Å². The lowest BCUT2D eigenvalue weighted by molar-refractivity contribution is -0.130. The molecule has 29 heavy (non-hydrogen) atoms. The van der Waals surface area contributed by atoms with Crippen molar-refractivity contribution in [3.63, 3.8) is 0 Å². The van der Waals surface area contributed by atoms with Gasteiger partial charge in [0.15, 0.2) is 0 Å². The Bertz CT molecular complexity index is 922. The number of nitrogens with zero attached hydrogens (tertiary/aromatic N) is 4. The van der Waals surface area contributed by atoms with E-state index in [2.05, 4.69) is 4.98 Å². The average Bonchev–Trinajstić information content (AvgIpc) is 3.30. The van der Waals surface area contributed by atoms with E-state index < -0.39 is 5.82 Å². The summed E-state index contributed by atoms with van der Waals surface area (Å²) in [5.74, 6) is -0.0186. The summed E-state index contributed by atoms with van der Waals surface area (Å²) >= 11 is 0. The number of aromatic nitrogens is 1. The Balaban J connectivity index is 1.32. The Morgan fingerprint density at radius 3 is 2.79 bits per heavy atom. The van der Waals surface area contributed by atoms with E-state index in [1.807, 2.05) is 19.1 Å². The van der Waals surface area contributed by atoms with Crippen LogP contribution in [0.2, 0.25) is 0 Å². The first-order valence-corrected chi connectivity index (χ1v) is 9.70. The molecule has 0 N–H and O–H groups in total. The van der Waals surface area contributed by atoms with Gasteiger partial charge in [-0.25, -0.2) is 14.2 Å². The second-order valence-corrected chi connectivity index (χ2v) is 7.29. The van der Waals surface area contributed by atoms with E-state index >= 15 is 0 Å². The van der Waals surface area contributed by atoms with Crippen molar-refractivity contribution in [2.75, 3.05) is 37.6 Å². The number of hydrogen-bond donors (Lipinski definition) is 0. The Morgan fingerprint density at radius 1 is 1.17 bits per heavy atom. The molecule has 3 amide bonds. The second kappa shape index (κ2) is 8.06. The SMILES string of the molecule is Cc1cccc(OC2CCN(C(=O)CN3CCN(c4ccccc4F)C3=O)C2)n1. The number of likely N-dealkylation sites (tertiary alicyclic amines) is 1. The summed E-state index contributed by atoms with van der Waals surface area (Å²) in [7, 11) is 0. The molecule has 0 bridgehead atoms. The van der Waals surface area contributed by atoms with Gasteiger partial charge in [-0.05, 0) is 25.1 Å². The molecular formula is C21H23FN4O3. The van der Waals surface area contributed by atoms with Crippen molar-refractivity contribution in [3.05, 3.63) is 54.0 Å². The molecule has 2 fully saturated rings. The maximum absolute atomic E-state index is 14.0. The van der Waals surface area contributed by atoms with Crippen molar-refractivity contribution < 1.29 is 18.7 Å². The van der Waals surface area contributed by atoms with Crippen LogP contribution < -0.4 is 9.64 Å². The van der Waals surface area contributed by atoms with Crippen LogP contribution in [0.25, 0.3) is 0 Å². The minimum Gasteiger partial charge on any atom is -0.472 e. The molecule has 152 valence electrons. The average molecular weight is 398 g/mol. The number of carbonyl (C=O) groups excluding carboxylic acids is 2. The van der Waals surface area contributed by atoms with Crippen LogP contribution in [-0.2, 0) is 4.79 Å². The van der Waals surface area contributed by atoms with E-state index in [1.165, 1.54) is 15.9 Å². The molecule has 8 heteroatoms. The third-order valence-corrected chi connectivity index (χ3v) is 5.21. The molecule has 0 saturated carbocycles. The Labute approximate surface area is 168 Å². The molecule has 0 aliphatic carbocycles. The first kappa shape index (κ1) is 19.2. The highest BCUT2D eigenvalue weighted by Crippen LogP contribution is 2.24. The maximum atomic E-state index is 14.0. The first-order chi connectivity index (χ1) is 14.0. The monoisotopic (exact) mass is 398 g/mol. The number of pyridine rings is 1. The van der Waals surface area contributed by atoms with Gasteiger partial charge in [-0.1, -0.05) is 18.2 Å². The van der Waals surface area contributed by atoms with E-state index in [-0.39, 0.29) is 30.3 Å². The molecule has 2 aliphatic rings. The normalized spacial score (nSPS) is 19.2. The van der Waals surface area contributed by atoms with Gasteiger partial charge in [-0.2, -0.15) is 0 Å². The molecule has 2 aromatic rings. The topological polar surface area (TPSA) is 66.0 Å². The van der Waals surface area contributed by atoms with E-state index in [1.54, 1.807) is 29.2 Å². The van der Waals surface area contributed by atoms with Crippen LogP contribution in [0.4, 0.5) is 14.9 Å². The fraction of sp³-hybridized carbons (Fsp3) is 0.381. The summed E-state index contributed by atoms with van der Waals surface area (Å²) in [4.78, 5) is 34.2. The van der Waals surface area contributed by atoms with Gasteiger partial charge in [0.05, 0.1) is 12.2 Å². The minimum atomic E-state index is -0.446. The van der Waals surface area contributed by atoms with Gasteiger partial charge in [0.2, 0.25) is 11.8 Å². The number of hydrogen-bond acceptors (Lipinski definition) is 4. The fourth-order valence-corrected chi connectivity index (χ4v) is 3.69. The van der Waals surface area contributed by atoms with Crippen LogP contribution >= 0.6 is 0 Å². The highest BCUT2D eigenvalue weighted by Gasteiger charge is 2.35. The summed E-state index contributed by atoms with van der Waals surface area (Å²) in [5, 5.41) is 0. The fourth-order valence-electron chi connectivity index (χ4n) is 3.69. The summed E-state index contributed by atoms with van der Waals surface area (Å²) in [6.07, 6.45) is 0.605. The van der Waals surface area contributed by atoms with E-state index in [0.29, 0.717) is 32.1 Å². The van der Waals surface area contributed by atoms with Crippen LogP contribution in [0.5, 0.6) is 5.88 Å². The number of anilines is 1. The van der Waals surface area contributed by atoms with E-state index in [9.17, 15) is 14.0 Å². The van der Waals surface area contributed by atoms with Crippen molar-refractivity contribution in [1.29, 1.82) is 0 Å². The first-order valence-electron chi connectivity index (χ1n) is 9.70. The van der Waals surface area contributed by atoms with Crippen molar-refractivity contribution >= 4 is 17.6 Å². The van der Waals surface area contributed by atoms with Crippen molar-refractivity contribution in [2.45, 2.75) is 19.4 Å². The molecule has 1 unspecified atom stereocenters. The maximum Gasteiger partial charge on any atom is 0.325 e. The molecular weight excluding hydrogens is 375 g/mol. The summed E-state index contributed by atoms with van der Waals surface area (Å²) in [6.45, 7) is 3.67. The molecule has 7 nitrogen and oxygen atoms in total. The summed E-state index contributed by atoms with van der Waals surface area (Å²) in [5.41, 5.74) is 1.12. The van der Waals surface area contributed by atoms with Crippen LogP contribution in [0.3, 0.4) is 0 Å². The molecule has 0 spiro atoms. The lowest BCUT2D eigenvalue weighted by Gasteiger charge is -2.22. The molecule has 2 aliphatic heterocycles. The highest BCUT2D eigenvalue weighted by molar-refractivity contribution is 5.96. The standard InChI is InChI=1S/C21H23FN4O3/c1-15-5-4-8-19(23-15)29-16-9-10-24(13-16)20(27)14-25-11-12-26(21(25)28)18-7-3-2-6-17(18)22/h2-8,16H,9-14H2,1H3. The van der Waals surface area contributed by atoms with E-state index in [0.717, 1.165) is 12.1 Å². The molecule has 2 saturated heterocycles. The minimum absolute atomic E-state index is 0.0147. The lowest BCUT2D eigenvalue weighted by atomic mass is 10.3. The molecule has 0 radical (unpaired) electrons. The third kappa shape index (κ3) is 4.16. The lowest BCUT2D eigenvalue weighted by Crippen LogP contribution is -2.42. The van der Waals surface area contributed by atoms with Crippen LogP contribution in [0.15, 0.2) is 42.5 Å². The Hall–Kier alpha value is -3.16. The van der Waals surface area contributed by atoms with Gasteiger partial charge in [0.25, 0.3) is 0 Å². The smallest absolute Gasteiger partial charge is 0.325 e. The second-order valence-electron chi connectivity index (χ2n) is 7.29. The number of rotatable bonds is 5. The largest absolute Gasteiger partial charge is 0.472 e. The van der Waals surface area contributed by atoms with Gasteiger partial charge in [-0.3, -0.25) is 9.69 Å². The number of ether oxygens (including phenoxy) is 1. The zero-order valence-electron chi connectivity index (χ0n) is 16.3. The van der Waals surface area contributed by atoms with Gasteiger partial charge in [-0.15, -0.1) is 0 Å². The van der Waals surface area contributed by atoms with Gasteiger partial charge in [0, 0.05) is 37.8 Å². The quantitative estimate of drug-likeness (QED) is 0.776. The van der Waals surface area contributed by atoms with Gasteiger partial charge < -0.3 is 14.5 Å². The number of aryl methyl sites for hydroxylation is 1. The van der Waals surface area contributed by atoms with Crippen LogP contribution in [0.1, 0.15) is 12.1 Å². The molecule has 3 heterocycles. The number of para-hydroxylation sites is 1. The predicted molar refractivity (Wildman–Crippen MR) is 105 cm³/mol. The highest BCUT2D eigenvalue weighted by atomic mass is 19.1. The number of urea groups is 1. The predicted octanol–water partition coefficient (Wildman–Crippen LogP) is 2.45. The Morgan fingerprint density at radius 2 is 2.00 bits per heavy atom. The summed E-state index contributed by atoms with van der Waals surface area (Å²) < 4.78 is 19.9.